The molecular weight excluding hydrogens is 370 g/mol. The van der Waals surface area contributed by atoms with Crippen molar-refractivity contribution in [3.63, 3.8) is 0 Å². The zero-order chi connectivity index (χ0) is 12.4. The lowest BCUT2D eigenvalue weighted by Crippen LogP contribution is -2.10. The fourth-order valence-corrected chi connectivity index (χ4v) is 3.06. The second-order valence-corrected chi connectivity index (χ2v) is 6.38. The highest BCUT2D eigenvalue weighted by atomic mass is 79.9. The predicted octanol–water partition coefficient (Wildman–Crippen LogP) is 3.50. The predicted molar refractivity (Wildman–Crippen MR) is 76.3 cm³/mol. The molecule has 0 radical (unpaired) electrons. The van der Waals surface area contributed by atoms with Gasteiger partial charge in [0.15, 0.2) is 0 Å². The number of carbonyl (C=O) groups excluding carboxylic acids is 1. The molecule has 0 aliphatic carbocycles. The van der Waals surface area contributed by atoms with Gasteiger partial charge in [0.2, 0.25) is 0 Å². The summed E-state index contributed by atoms with van der Waals surface area (Å²) in [5.74, 6) is 0.248. The Morgan fingerprint density at radius 1 is 1.41 bits per heavy atom. The summed E-state index contributed by atoms with van der Waals surface area (Å²) in [5.41, 5.74) is 6.07. The lowest BCUT2D eigenvalue weighted by Gasteiger charge is -2.02. The lowest BCUT2D eigenvalue weighted by atomic mass is 10.3. The van der Waals surface area contributed by atoms with Crippen molar-refractivity contribution in [2.75, 3.05) is 11.1 Å². The second kappa shape index (κ2) is 5.16. The maximum atomic E-state index is 11.9. The molecule has 0 saturated heterocycles. The minimum absolute atomic E-state index is 0.173. The Labute approximate surface area is 118 Å². The van der Waals surface area contributed by atoms with E-state index in [1.165, 1.54) is 17.5 Å². The number of rotatable bonds is 2. The fourth-order valence-electron chi connectivity index (χ4n) is 1.13. The molecule has 0 aliphatic heterocycles. The molecule has 17 heavy (non-hydrogen) atoms. The average molecular weight is 377 g/mol. The second-order valence-electron chi connectivity index (χ2n) is 3.16. The standard InChI is InChI=1S/C10H7Br2N3OS/c11-6-3-7(17-9(6)12)10(16)15-5-1-2-8(13)14-4-5/h1-4H,(H2,13,14)(H,15,16). The summed E-state index contributed by atoms with van der Waals surface area (Å²) in [6.07, 6.45) is 1.52. The van der Waals surface area contributed by atoms with Gasteiger partial charge in [0.25, 0.3) is 5.91 Å². The molecule has 0 saturated carbocycles. The minimum Gasteiger partial charge on any atom is -0.384 e. The maximum absolute atomic E-state index is 11.9. The number of nitrogen functional groups attached to an aromatic ring is 1. The van der Waals surface area contributed by atoms with Crippen molar-refractivity contribution in [2.24, 2.45) is 0 Å². The summed E-state index contributed by atoms with van der Waals surface area (Å²) in [4.78, 5) is 16.4. The number of aromatic nitrogens is 1. The Morgan fingerprint density at radius 3 is 2.71 bits per heavy atom. The van der Waals surface area contributed by atoms with Gasteiger partial charge in [0.1, 0.15) is 5.82 Å². The smallest absolute Gasteiger partial charge is 0.265 e. The molecule has 0 aliphatic rings. The van der Waals surface area contributed by atoms with Crippen LogP contribution in [-0.2, 0) is 0 Å². The van der Waals surface area contributed by atoms with Crippen LogP contribution < -0.4 is 11.1 Å². The van der Waals surface area contributed by atoms with E-state index in [2.05, 4.69) is 42.2 Å². The molecule has 2 aromatic rings. The molecule has 0 bridgehead atoms. The quantitative estimate of drug-likeness (QED) is 0.842. The van der Waals surface area contributed by atoms with Crippen LogP contribution in [0.3, 0.4) is 0 Å². The van der Waals surface area contributed by atoms with Crippen LogP contribution in [0.15, 0.2) is 32.7 Å². The van der Waals surface area contributed by atoms with Gasteiger partial charge in [0, 0.05) is 4.47 Å². The van der Waals surface area contributed by atoms with Gasteiger partial charge in [-0.05, 0) is 50.1 Å². The van der Waals surface area contributed by atoms with E-state index < -0.39 is 0 Å². The number of pyridine rings is 1. The van der Waals surface area contributed by atoms with Crippen LogP contribution in [0.1, 0.15) is 9.67 Å². The number of anilines is 2. The minimum atomic E-state index is -0.173. The summed E-state index contributed by atoms with van der Waals surface area (Å²) in [5, 5.41) is 2.74. The van der Waals surface area contributed by atoms with E-state index in [9.17, 15) is 4.79 Å². The lowest BCUT2D eigenvalue weighted by molar-refractivity contribution is 0.103. The van der Waals surface area contributed by atoms with Gasteiger partial charge in [0.05, 0.1) is 20.5 Å². The van der Waals surface area contributed by atoms with Crippen molar-refractivity contribution >= 4 is 60.6 Å². The number of halogens is 2. The molecule has 0 spiro atoms. The molecule has 0 aromatic carbocycles. The normalized spacial score (nSPS) is 10.2. The molecule has 3 N–H and O–H groups in total. The maximum Gasteiger partial charge on any atom is 0.265 e. The fraction of sp³-hybridized carbons (Fsp3) is 0. The van der Waals surface area contributed by atoms with Crippen LogP contribution in [0.25, 0.3) is 0 Å². The van der Waals surface area contributed by atoms with Crippen molar-refractivity contribution in [2.45, 2.75) is 0 Å². The van der Waals surface area contributed by atoms with Crippen molar-refractivity contribution in [3.8, 4) is 0 Å². The summed E-state index contributed by atoms with van der Waals surface area (Å²) >= 11 is 8.03. The van der Waals surface area contributed by atoms with Gasteiger partial charge in [-0.2, -0.15) is 0 Å². The van der Waals surface area contributed by atoms with E-state index in [1.54, 1.807) is 18.2 Å². The topological polar surface area (TPSA) is 68.0 Å². The summed E-state index contributed by atoms with van der Waals surface area (Å²) in [6.45, 7) is 0. The van der Waals surface area contributed by atoms with Crippen molar-refractivity contribution in [1.29, 1.82) is 0 Å². The zero-order valence-corrected chi connectivity index (χ0v) is 12.4. The molecule has 7 heteroatoms. The first kappa shape index (κ1) is 12.5. The number of amides is 1. The number of hydrogen-bond donors (Lipinski definition) is 2. The van der Waals surface area contributed by atoms with Crippen LogP contribution in [-0.4, -0.2) is 10.9 Å². The molecule has 88 valence electrons. The molecule has 2 aromatic heterocycles. The van der Waals surface area contributed by atoms with Crippen LogP contribution in [0.5, 0.6) is 0 Å². The third-order valence-electron chi connectivity index (χ3n) is 1.91. The molecule has 4 nitrogen and oxygen atoms in total. The van der Waals surface area contributed by atoms with Crippen LogP contribution >= 0.6 is 43.2 Å². The summed E-state index contributed by atoms with van der Waals surface area (Å²) < 4.78 is 1.75. The first-order valence-electron chi connectivity index (χ1n) is 4.54. The van der Waals surface area contributed by atoms with Gasteiger partial charge in [-0.15, -0.1) is 11.3 Å². The molecule has 0 atom stereocenters. The van der Waals surface area contributed by atoms with Gasteiger partial charge in [-0.25, -0.2) is 4.98 Å². The SMILES string of the molecule is Nc1ccc(NC(=O)c2cc(Br)c(Br)s2)cn1. The zero-order valence-electron chi connectivity index (χ0n) is 8.41. The highest BCUT2D eigenvalue weighted by molar-refractivity contribution is 9.13. The highest BCUT2D eigenvalue weighted by Crippen LogP contribution is 2.32. The Hall–Kier alpha value is -0.920. The number of hydrogen-bond acceptors (Lipinski definition) is 4. The highest BCUT2D eigenvalue weighted by Gasteiger charge is 2.12. The Kier molecular flexibility index (Phi) is 3.80. The number of nitrogens with one attached hydrogen (secondary N) is 1. The number of nitrogens with zero attached hydrogens (tertiary/aromatic N) is 1. The molecule has 1 amide bonds. The van der Waals surface area contributed by atoms with E-state index in [0.29, 0.717) is 16.4 Å². The molecule has 2 heterocycles. The van der Waals surface area contributed by atoms with E-state index in [4.69, 9.17) is 5.73 Å². The molecule has 0 unspecified atom stereocenters. The van der Waals surface area contributed by atoms with Gasteiger partial charge < -0.3 is 11.1 Å². The average Bonchev–Trinajstić information content (AvgIpc) is 2.63. The molecule has 2 rings (SSSR count). The molecule has 0 fully saturated rings. The van der Waals surface area contributed by atoms with Crippen molar-refractivity contribution in [1.82, 2.24) is 4.98 Å². The van der Waals surface area contributed by atoms with Gasteiger partial charge >= 0.3 is 0 Å². The van der Waals surface area contributed by atoms with Crippen LogP contribution in [0, 0.1) is 0 Å². The number of nitrogens with two attached hydrogens (primary N) is 1. The summed E-state index contributed by atoms with van der Waals surface area (Å²) in [7, 11) is 0. The van der Waals surface area contributed by atoms with Gasteiger partial charge in [-0.1, -0.05) is 0 Å². The van der Waals surface area contributed by atoms with E-state index >= 15 is 0 Å². The van der Waals surface area contributed by atoms with E-state index in [-0.39, 0.29) is 5.91 Å². The molecular formula is C10H7Br2N3OS. The van der Waals surface area contributed by atoms with Crippen LogP contribution in [0.4, 0.5) is 11.5 Å². The first-order valence-corrected chi connectivity index (χ1v) is 6.94. The third kappa shape index (κ3) is 3.05. The monoisotopic (exact) mass is 375 g/mol. The van der Waals surface area contributed by atoms with Crippen molar-refractivity contribution in [3.05, 3.63) is 37.5 Å². The van der Waals surface area contributed by atoms with E-state index in [1.807, 2.05) is 0 Å². The van der Waals surface area contributed by atoms with Crippen molar-refractivity contribution < 1.29 is 4.79 Å². The first-order chi connectivity index (χ1) is 8.06. The summed E-state index contributed by atoms with van der Waals surface area (Å²) in [6, 6.07) is 5.10. The van der Waals surface area contributed by atoms with Crippen LogP contribution in [0.2, 0.25) is 0 Å². The van der Waals surface area contributed by atoms with Gasteiger partial charge in [-0.3, -0.25) is 4.79 Å². The number of carbonyl (C=O) groups is 1. The Bertz CT molecular complexity index is 534. The third-order valence-corrected chi connectivity index (χ3v) is 5.17. The van der Waals surface area contributed by atoms with E-state index in [0.717, 1.165) is 8.26 Å². The largest absolute Gasteiger partial charge is 0.384 e. The Balaban J connectivity index is 2.14. The Morgan fingerprint density at radius 2 is 2.18 bits per heavy atom. The number of thiophene rings is 1.